The number of aromatic nitrogens is 4. The van der Waals surface area contributed by atoms with Gasteiger partial charge in [-0.1, -0.05) is 5.21 Å². The maximum atomic E-state index is 12.8. The summed E-state index contributed by atoms with van der Waals surface area (Å²) in [5.74, 6) is 0.0515. The number of amides is 1. The molecule has 2 N–H and O–H groups in total. The van der Waals surface area contributed by atoms with E-state index >= 15 is 0 Å². The lowest BCUT2D eigenvalue weighted by atomic mass is 10.2. The molecule has 118 valence electrons. The van der Waals surface area contributed by atoms with Gasteiger partial charge in [0.25, 0.3) is 5.91 Å². The van der Waals surface area contributed by atoms with E-state index in [4.69, 9.17) is 5.11 Å². The second kappa shape index (κ2) is 5.92. The molecule has 0 unspecified atom stereocenters. The topological polar surface area (TPSA) is 87.0 Å². The molecule has 3 heterocycles. The van der Waals surface area contributed by atoms with Crippen LogP contribution in [-0.4, -0.2) is 48.5 Å². The van der Waals surface area contributed by atoms with Crippen molar-refractivity contribution in [3.63, 3.8) is 0 Å². The Hall–Kier alpha value is -2.15. The third-order valence-corrected chi connectivity index (χ3v) is 4.15. The van der Waals surface area contributed by atoms with Crippen molar-refractivity contribution in [3.8, 4) is 0 Å². The minimum absolute atomic E-state index is 0.0515. The maximum absolute atomic E-state index is 12.8. The Bertz CT molecular complexity index is 675. The molecule has 1 saturated heterocycles. The highest BCUT2D eigenvalue weighted by Gasteiger charge is 2.31. The highest BCUT2D eigenvalue weighted by atomic mass is 16.3. The minimum atomic E-state index is -0.117. The number of nitrogens with zero attached hydrogens (tertiary/aromatic N) is 4. The first kappa shape index (κ1) is 14.8. The molecule has 0 aliphatic carbocycles. The van der Waals surface area contributed by atoms with Crippen LogP contribution in [0.25, 0.3) is 0 Å². The molecule has 1 aliphatic heterocycles. The Morgan fingerprint density at radius 1 is 1.50 bits per heavy atom. The first-order chi connectivity index (χ1) is 10.6. The van der Waals surface area contributed by atoms with Crippen LogP contribution in [0.2, 0.25) is 0 Å². The number of hydrogen-bond donors (Lipinski definition) is 2. The van der Waals surface area contributed by atoms with Gasteiger partial charge in [-0.2, -0.15) is 0 Å². The number of aliphatic hydroxyl groups is 1. The summed E-state index contributed by atoms with van der Waals surface area (Å²) in [5, 5.41) is 16.9. The summed E-state index contributed by atoms with van der Waals surface area (Å²) in [5.41, 5.74) is 3.21. The van der Waals surface area contributed by atoms with E-state index in [1.54, 1.807) is 10.9 Å². The summed E-state index contributed by atoms with van der Waals surface area (Å²) < 4.78 is 1.70. The van der Waals surface area contributed by atoms with E-state index in [9.17, 15) is 4.79 Å². The highest BCUT2D eigenvalue weighted by Crippen LogP contribution is 2.22. The second-order valence-electron chi connectivity index (χ2n) is 5.89. The summed E-state index contributed by atoms with van der Waals surface area (Å²) in [4.78, 5) is 17.8. The number of aliphatic hydroxyl groups excluding tert-OH is 1. The van der Waals surface area contributed by atoms with Crippen LogP contribution in [0.3, 0.4) is 0 Å². The van der Waals surface area contributed by atoms with E-state index in [1.807, 2.05) is 24.8 Å². The predicted octanol–water partition coefficient (Wildman–Crippen LogP) is 1.02. The lowest BCUT2D eigenvalue weighted by Crippen LogP contribution is -2.38. The van der Waals surface area contributed by atoms with Crippen LogP contribution in [0.5, 0.6) is 0 Å². The Morgan fingerprint density at radius 2 is 2.32 bits per heavy atom. The molecule has 0 saturated carbocycles. The van der Waals surface area contributed by atoms with Gasteiger partial charge in [0.1, 0.15) is 11.4 Å². The monoisotopic (exact) mass is 303 g/mol. The number of aryl methyl sites for hydroxylation is 2. The van der Waals surface area contributed by atoms with Gasteiger partial charge in [-0.3, -0.25) is 9.48 Å². The van der Waals surface area contributed by atoms with Crippen LogP contribution >= 0.6 is 0 Å². The number of hydrogen-bond acceptors (Lipinski definition) is 4. The van der Waals surface area contributed by atoms with Gasteiger partial charge in [0.05, 0.1) is 25.4 Å². The molecule has 2 aromatic rings. The summed E-state index contributed by atoms with van der Waals surface area (Å²) >= 11 is 0. The predicted molar refractivity (Wildman–Crippen MR) is 80.3 cm³/mol. The first-order valence-corrected chi connectivity index (χ1v) is 7.55. The quantitative estimate of drug-likeness (QED) is 0.883. The van der Waals surface area contributed by atoms with Crippen LogP contribution in [0.15, 0.2) is 12.3 Å². The molecule has 22 heavy (non-hydrogen) atoms. The zero-order valence-electron chi connectivity index (χ0n) is 12.9. The molecule has 3 rings (SSSR count). The van der Waals surface area contributed by atoms with Gasteiger partial charge in [0.2, 0.25) is 0 Å². The zero-order chi connectivity index (χ0) is 15.7. The van der Waals surface area contributed by atoms with Crippen molar-refractivity contribution in [2.24, 2.45) is 0 Å². The molecular formula is C15H21N5O2. The Balaban J connectivity index is 1.75. The smallest absolute Gasteiger partial charge is 0.270 e. The number of likely N-dealkylation sites (tertiary alicyclic amines) is 1. The standard InChI is InChI=1S/C15H21N5O2/c1-10-6-11(2)16-14(10)15(22)20-5-3-4-13(20)8-19-7-12(9-21)17-18-19/h6-7,13,16,21H,3-5,8-9H2,1-2H3/t13-/m0/s1. The van der Waals surface area contributed by atoms with Crippen LogP contribution < -0.4 is 0 Å². The van der Waals surface area contributed by atoms with Gasteiger partial charge in [-0.05, 0) is 38.3 Å². The van der Waals surface area contributed by atoms with Gasteiger partial charge < -0.3 is 15.0 Å². The summed E-state index contributed by atoms with van der Waals surface area (Å²) in [6, 6.07) is 2.10. The molecule has 1 amide bonds. The van der Waals surface area contributed by atoms with Crippen LogP contribution in [0.1, 0.15) is 40.3 Å². The van der Waals surface area contributed by atoms with E-state index in [2.05, 4.69) is 15.3 Å². The van der Waals surface area contributed by atoms with Crippen LogP contribution in [0, 0.1) is 13.8 Å². The van der Waals surface area contributed by atoms with Crippen molar-refractivity contribution in [2.75, 3.05) is 6.54 Å². The fourth-order valence-corrected chi connectivity index (χ4v) is 3.10. The van der Waals surface area contributed by atoms with Gasteiger partial charge in [-0.15, -0.1) is 5.10 Å². The van der Waals surface area contributed by atoms with Crippen LogP contribution in [-0.2, 0) is 13.2 Å². The number of rotatable bonds is 4. The highest BCUT2D eigenvalue weighted by molar-refractivity contribution is 5.94. The van der Waals surface area contributed by atoms with Crippen molar-refractivity contribution >= 4 is 5.91 Å². The van der Waals surface area contributed by atoms with E-state index < -0.39 is 0 Å². The van der Waals surface area contributed by atoms with Crippen molar-refractivity contribution in [3.05, 3.63) is 34.9 Å². The number of aromatic amines is 1. The zero-order valence-corrected chi connectivity index (χ0v) is 12.9. The van der Waals surface area contributed by atoms with E-state index in [0.717, 1.165) is 30.6 Å². The minimum Gasteiger partial charge on any atom is -0.390 e. The molecule has 0 aromatic carbocycles. The average Bonchev–Trinajstić information content (AvgIpc) is 3.19. The Kier molecular flexibility index (Phi) is 3.98. The molecule has 2 aromatic heterocycles. The lowest BCUT2D eigenvalue weighted by Gasteiger charge is -2.24. The van der Waals surface area contributed by atoms with Crippen LogP contribution in [0.4, 0.5) is 0 Å². The molecule has 1 atom stereocenters. The number of carbonyl (C=O) groups is 1. The SMILES string of the molecule is Cc1cc(C)c(C(=O)N2CCC[C@H]2Cn2cc(CO)nn2)[nH]1. The molecule has 0 spiro atoms. The lowest BCUT2D eigenvalue weighted by molar-refractivity contribution is 0.0715. The fraction of sp³-hybridized carbons (Fsp3) is 0.533. The maximum Gasteiger partial charge on any atom is 0.270 e. The van der Waals surface area contributed by atoms with Crippen molar-refractivity contribution in [2.45, 2.75) is 45.9 Å². The molecule has 0 bridgehead atoms. The molecular weight excluding hydrogens is 282 g/mol. The second-order valence-corrected chi connectivity index (χ2v) is 5.89. The van der Waals surface area contributed by atoms with Gasteiger partial charge in [0.15, 0.2) is 0 Å². The molecule has 7 nitrogen and oxygen atoms in total. The van der Waals surface area contributed by atoms with Gasteiger partial charge >= 0.3 is 0 Å². The first-order valence-electron chi connectivity index (χ1n) is 7.55. The summed E-state index contributed by atoms with van der Waals surface area (Å²) in [6.45, 7) is 5.16. The van der Waals surface area contributed by atoms with E-state index in [-0.39, 0.29) is 18.6 Å². The normalized spacial score (nSPS) is 18.1. The average molecular weight is 303 g/mol. The van der Waals surface area contributed by atoms with E-state index in [0.29, 0.717) is 17.9 Å². The van der Waals surface area contributed by atoms with Crippen molar-refractivity contribution < 1.29 is 9.90 Å². The third kappa shape index (κ3) is 2.76. The summed E-state index contributed by atoms with van der Waals surface area (Å²) in [7, 11) is 0. The Labute approximate surface area is 128 Å². The number of carbonyl (C=O) groups excluding carboxylic acids is 1. The molecule has 0 radical (unpaired) electrons. The third-order valence-electron chi connectivity index (χ3n) is 4.15. The van der Waals surface area contributed by atoms with Crippen molar-refractivity contribution in [1.29, 1.82) is 0 Å². The van der Waals surface area contributed by atoms with Crippen molar-refractivity contribution in [1.82, 2.24) is 24.9 Å². The van der Waals surface area contributed by atoms with E-state index in [1.165, 1.54) is 0 Å². The molecule has 7 heteroatoms. The largest absolute Gasteiger partial charge is 0.390 e. The fourth-order valence-electron chi connectivity index (χ4n) is 3.10. The number of H-pyrrole nitrogens is 1. The van der Waals surface area contributed by atoms with Gasteiger partial charge in [0, 0.05) is 12.2 Å². The number of nitrogens with one attached hydrogen (secondary N) is 1. The Morgan fingerprint density at radius 3 is 2.95 bits per heavy atom. The summed E-state index contributed by atoms with van der Waals surface area (Å²) in [6.07, 6.45) is 3.68. The van der Waals surface area contributed by atoms with Gasteiger partial charge in [-0.25, -0.2) is 0 Å². The molecule has 1 fully saturated rings. The molecule has 1 aliphatic rings.